The summed E-state index contributed by atoms with van der Waals surface area (Å²) in [6, 6.07) is -0.0376. The van der Waals surface area contributed by atoms with E-state index in [1.54, 1.807) is 0 Å². The molecule has 0 saturated heterocycles. The molecule has 0 radical (unpaired) electrons. The number of aromatic nitrogens is 2. The Hall–Kier alpha value is -1.45. The van der Waals surface area contributed by atoms with Crippen molar-refractivity contribution in [2.24, 2.45) is 0 Å². The van der Waals surface area contributed by atoms with Gasteiger partial charge in [0.1, 0.15) is 11.4 Å². The molecule has 1 heterocycles. The molecule has 9 heteroatoms. The number of aliphatic hydroxyl groups is 1. The number of carboxylic acids is 1. The van der Waals surface area contributed by atoms with Crippen LogP contribution in [-0.2, 0) is 21.4 Å². The maximum atomic E-state index is 12.6. The van der Waals surface area contributed by atoms with Gasteiger partial charge in [-0.15, -0.1) is 0 Å². The van der Waals surface area contributed by atoms with E-state index in [0.717, 1.165) is 23.9 Å². The van der Waals surface area contributed by atoms with Crippen molar-refractivity contribution in [1.29, 1.82) is 0 Å². The Morgan fingerprint density at radius 3 is 2.71 bits per heavy atom. The molecule has 0 spiro atoms. The minimum Gasteiger partial charge on any atom is -0.480 e. The first-order chi connectivity index (χ1) is 9.95. The van der Waals surface area contributed by atoms with Crippen molar-refractivity contribution in [3.63, 3.8) is 0 Å². The molecule has 2 rings (SSSR count). The lowest BCUT2D eigenvalue weighted by atomic mass is 9.93. The fourth-order valence-corrected chi connectivity index (χ4v) is 3.92. The molecule has 0 unspecified atom stereocenters. The lowest BCUT2D eigenvalue weighted by Gasteiger charge is -2.36. The summed E-state index contributed by atoms with van der Waals surface area (Å²) >= 11 is 0. The number of aliphatic hydroxyl groups excluding tert-OH is 1. The zero-order valence-corrected chi connectivity index (χ0v) is 12.4. The molecule has 0 aliphatic heterocycles. The van der Waals surface area contributed by atoms with Crippen LogP contribution in [0.4, 0.5) is 0 Å². The van der Waals surface area contributed by atoms with Crippen LogP contribution in [0.5, 0.6) is 0 Å². The fourth-order valence-electron chi connectivity index (χ4n) is 2.24. The van der Waals surface area contributed by atoms with E-state index in [0.29, 0.717) is 6.42 Å². The highest BCUT2D eigenvalue weighted by Gasteiger charge is 2.35. The van der Waals surface area contributed by atoms with E-state index < -0.39 is 16.0 Å². The summed E-state index contributed by atoms with van der Waals surface area (Å²) in [4.78, 5) is 10.6. The molecule has 0 atom stereocenters. The standard InChI is InChI=1S/C12H19N3O5S/c16-6-2-5-15(10-3-1-4-10)21(19,20)11-7-13-14(8-11)9-12(17)18/h7-8,10,16H,1-6,9H2,(H,17,18). The largest absolute Gasteiger partial charge is 0.480 e. The molecule has 8 nitrogen and oxygen atoms in total. The highest BCUT2D eigenvalue weighted by atomic mass is 32.2. The number of aliphatic carboxylic acids is 1. The Balaban J connectivity index is 2.20. The first kappa shape index (κ1) is 15.9. The molecular weight excluding hydrogens is 298 g/mol. The van der Waals surface area contributed by atoms with Gasteiger partial charge in [0.05, 0.1) is 6.20 Å². The van der Waals surface area contributed by atoms with Crippen molar-refractivity contribution in [2.75, 3.05) is 13.2 Å². The van der Waals surface area contributed by atoms with Crippen LogP contribution in [0.25, 0.3) is 0 Å². The lowest BCUT2D eigenvalue weighted by molar-refractivity contribution is -0.137. The molecule has 1 aliphatic carbocycles. The van der Waals surface area contributed by atoms with Gasteiger partial charge in [0.15, 0.2) is 0 Å². The van der Waals surface area contributed by atoms with E-state index in [4.69, 9.17) is 10.2 Å². The molecule has 2 N–H and O–H groups in total. The van der Waals surface area contributed by atoms with Gasteiger partial charge >= 0.3 is 5.97 Å². The zero-order chi connectivity index (χ0) is 15.5. The molecule has 0 amide bonds. The first-order valence-electron chi connectivity index (χ1n) is 6.82. The summed E-state index contributed by atoms with van der Waals surface area (Å²) in [5.41, 5.74) is 0. The third-order valence-corrected chi connectivity index (χ3v) is 5.44. The zero-order valence-electron chi connectivity index (χ0n) is 11.6. The third-order valence-electron chi connectivity index (χ3n) is 3.53. The lowest BCUT2D eigenvalue weighted by Crippen LogP contribution is -2.44. The number of nitrogens with zero attached hydrogens (tertiary/aromatic N) is 3. The Bertz CT molecular complexity index is 594. The molecule has 0 aromatic carbocycles. The monoisotopic (exact) mass is 317 g/mol. The van der Waals surface area contributed by atoms with Gasteiger partial charge in [-0.3, -0.25) is 9.48 Å². The second-order valence-electron chi connectivity index (χ2n) is 5.04. The van der Waals surface area contributed by atoms with Crippen LogP contribution in [0.2, 0.25) is 0 Å². The molecule has 1 aliphatic rings. The van der Waals surface area contributed by atoms with Gasteiger partial charge in [0.25, 0.3) is 0 Å². The van der Waals surface area contributed by atoms with E-state index >= 15 is 0 Å². The molecule has 1 aromatic heterocycles. The molecule has 1 saturated carbocycles. The van der Waals surface area contributed by atoms with E-state index in [2.05, 4.69) is 5.10 Å². The van der Waals surface area contributed by atoms with Crippen LogP contribution in [0.1, 0.15) is 25.7 Å². The fraction of sp³-hybridized carbons (Fsp3) is 0.667. The summed E-state index contributed by atoms with van der Waals surface area (Å²) < 4.78 is 27.7. The summed E-state index contributed by atoms with van der Waals surface area (Å²) in [5.74, 6) is -1.09. The molecule has 1 fully saturated rings. The average Bonchev–Trinajstić information content (AvgIpc) is 2.80. The van der Waals surface area contributed by atoms with Crippen molar-refractivity contribution >= 4 is 16.0 Å². The first-order valence-corrected chi connectivity index (χ1v) is 8.26. The number of rotatable bonds is 8. The van der Waals surface area contributed by atoms with Crippen LogP contribution < -0.4 is 0 Å². The highest BCUT2D eigenvalue weighted by molar-refractivity contribution is 7.89. The van der Waals surface area contributed by atoms with Gasteiger partial charge < -0.3 is 10.2 Å². The Kier molecular flexibility index (Phi) is 4.96. The quantitative estimate of drug-likeness (QED) is 0.692. The van der Waals surface area contributed by atoms with Crippen LogP contribution in [0.15, 0.2) is 17.3 Å². The summed E-state index contributed by atoms with van der Waals surface area (Å²) in [6.07, 6.45) is 5.39. The Morgan fingerprint density at radius 1 is 1.48 bits per heavy atom. The second kappa shape index (κ2) is 6.54. The Labute approximate surface area is 123 Å². The van der Waals surface area contributed by atoms with Crippen molar-refractivity contribution in [2.45, 2.75) is 43.2 Å². The van der Waals surface area contributed by atoms with Crippen molar-refractivity contribution < 1.29 is 23.4 Å². The van der Waals surface area contributed by atoms with Gasteiger partial charge in [-0.1, -0.05) is 6.42 Å². The second-order valence-corrected chi connectivity index (χ2v) is 6.94. The maximum Gasteiger partial charge on any atom is 0.325 e. The number of carbonyl (C=O) groups is 1. The molecule has 1 aromatic rings. The van der Waals surface area contributed by atoms with E-state index in [9.17, 15) is 13.2 Å². The van der Waals surface area contributed by atoms with E-state index in [-0.39, 0.29) is 30.6 Å². The predicted octanol–water partition coefficient (Wildman–Crippen LogP) is -0.107. The minimum absolute atomic E-state index is 0.00594. The van der Waals surface area contributed by atoms with Gasteiger partial charge in [-0.05, 0) is 19.3 Å². The van der Waals surface area contributed by atoms with Crippen molar-refractivity contribution in [3.05, 3.63) is 12.4 Å². The minimum atomic E-state index is -3.70. The van der Waals surface area contributed by atoms with E-state index in [1.807, 2.05) is 0 Å². The summed E-state index contributed by atoms with van der Waals surface area (Å²) in [6.45, 7) is -0.194. The molecule has 0 bridgehead atoms. The van der Waals surface area contributed by atoms with Crippen LogP contribution in [0, 0.1) is 0 Å². The number of hydrogen-bond donors (Lipinski definition) is 2. The number of carboxylic acid groups (broad SMARTS) is 1. The Morgan fingerprint density at radius 2 is 2.19 bits per heavy atom. The molecular formula is C12H19N3O5S. The van der Waals surface area contributed by atoms with Gasteiger partial charge in [-0.25, -0.2) is 8.42 Å². The van der Waals surface area contributed by atoms with Crippen LogP contribution in [-0.4, -0.2) is 57.9 Å². The smallest absolute Gasteiger partial charge is 0.325 e. The number of hydrogen-bond acceptors (Lipinski definition) is 5. The van der Waals surface area contributed by atoms with Crippen molar-refractivity contribution in [1.82, 2.24) is 14.1 Å². The molecule has 118 valence electrons. The highest BCUT2D eigenvalue weighted by Crippen LogP contribution is 2.29. The SMILES string of the molecule is O=C(O)Cn1cc(S(=O)(=O)N(CCCO)C2CCC2)cn1. The van der Waals surface area contributed by atoms with Crippen molar-refractivity contribution in [3.8, 4) is 0 Å². The number of sulfonamides is 1. The topological polar surface area (TPSA) is 113 Å². The van der Waals surface area contributed by atoms with E-state index in [1.165, 1.54) is 16.7 Å². The maximum absolute atomic E-state index is 12.6. The van der Waals surface area contributed by atoms with Gasteiger partial charge in [0.2, 0.25) is 10.0 Å². The predicted molar refractivity (Wildman–Crippen MR) is 73.1 cm³/mol. The summed E-state index contributed by atoms with van der Waals surface area (Å²) in [5, 5.41) is 21.4. The normalized spacial score (nSPS) is 16.1. The van der Waals surface area contributed by atoms with Gasteiger partial charge in [0, 0.05) is 25.4 Å². The van der Waals surface area contributed by atoms with Crippen LogP contribution >= 0.6 is 0 Å². The average molecular weight is 317 g/mol. The van der Waals surface area contributed by atoms with Gasteiger partial charge in [-0.2, -0.15) is 9.40 Å². The third kappa shape index (κ3) is 3.60. The molecule has 21 heavy (non-hydrogen) atoms. The summed E-state index contributed by atoms with van der Waals surface area (Å²) in [7, 11) is -3.70. The van der Waals surface area contributed by atoms with Crippen LogP contribution in [0.3, 0.4) is 0 Å².